The number of hydrogen-bond donors (Lipinski definition) is 1. The van der Waals surface area contributed by atoms with Crippen LogP contribution in [0.25, 0.3) is 10.9 Å². The Hall–Kier alpha value is -2.70. The SMILES string of the molecule is CN1CCN(c2nc(C(=O)O)nc3ccccc23)CC1=O. The first-order valence-corrected chi connectivity index (χ1v) is 6.55. The van der Waals surface area contributed by atoms with Gasteiger partial charge in [0.2, 0.25) is 11.7 Å². The van der Waals surface area contributed by atoms with Crippen LogP contribution in [-0.2, 0) is 4.79 Å². The number of hydrogen-bond acceptors (Lipinski definition) is 5. The fourth-order valence-corrected chi connectivity index (χ4v) is 2.34. The van der Waals surface area contributed by atoms with Crippen molar-refractivity contribution in [2.24, 2.45) is 0 Å². The van der Waals surface area contributed by atoms with Gasteiger partial charge < -0.3 is 14.9 Å². The van der Waals surface area contributed by atoms with E-state index >= 15 is 0 Å². The van der Waals surface area contributed by atoms with Gasteiger partial charge in [-0.3, -0.25) is 4.79 Å². The fourth-order valence-electron chi connectivity index (χ4n) is 2.34. The molecule has 0 spiro atoms. The van der Waals surface area contributed by atoms with E-state index in [1.165, 1.54) is 0 Å². The van der Waals surface area contributed by atoms with Crippen molar-refractivity contribution >= 4 is 28.6 Å². The van der Waals surface area contributed by atoms with E-state index in [2.05, 4.69) is 9.97 Å². The topological polar surface area (TPSA) is 86.6 Å². The van der Waals surface area contributed by atoms with Crippen molar-refractivity contribution in [2.75, 3.05) is 31.6 Å². The number of amides is 1. The van der Waals surface area contributed by atoms with Gasteiger partial charge in [-0.05, 0) is 12.1 Å². The molecule has 7 nitrogen and oxygen atoms in total. The summed E-state index contributed by atoms with van der Waals surface area (Å²) in [6.07, 6.45) is 0. The Morgan fingerprint density at radius 3 is 2.71 bits per heavy atom. The van der Waals surface area contributed by atoms with Gasteiger partial charge in [0.1, 0.15) is 5.82 Å². The third-order valence-electron chi connectivity index (χ3n) is 3.53. The standard InChI is InChI=1S/C14H14N4O3/c1-17-6-7-18(8-11(17)19)13-9-4-2-3-5-10(9)15-12(16-13)14(20)21/h2-5H,6-8H2,1H3,(H,20,21). The Bertz CT molecular complexity index is 731. The molecular formula is C14H14N4O3. The third kappa shape index (κ3) is 2.37. The number of anilines is 1. The highest BCUT2D eigenvalue weighted by Crippen LogP contribution is 2.24. The van der Waals surface area contributed by atoms with Gasteiger partial charge in [-0.15, -0.1) is 0 Å². The van der Waals surface area contributed by atoms with Gasteiger partial charge in [0.25, 0.3) is 0 Å². The molecule has 0 aliphatic carbocycles. The monoisotopic (exact) mass is 286 g/mol. The van der Waals surface area contributed by atoms with Crippen molar-refractivity contribution in [3.63, 3.8) is 0 Å². The fraction of sp³-hybridized carbons (Fsp3) is 0.286. The Labute approximate surface area is 120 Å². The first-order chi connectivity index (χ1) is 10.1. The van der Waals surface area contributed by atoms with Crippen molar-refractivity contribution in [3.05, 3.63) is 30.1 Å². The minimum atomic E-state index is -1.18. The van der Waals surface area contributed by atoms with Crippen molar-refractivity contribution in [2.45, 2.75) is 0 Å². The van der Waals surface area contributed by atoms with Gasteiger partial charge in [-0.2, -0.15) is 0 Å². The number of nitrogens with zero attached hydrogens (tertiary/aromatic N) is 4. The van der Waals surface area contributed by atoms with E-state index in [1.54, 1.807) is 29.0 Å². The van der Waals surface area contributed by atoms with E-state index in [4.69, 9.17) is 5.11 Å². The summed E-state index contributed by atoms with van der Waals surface area (Å²) in [4.78, 5) is 34.6. The van der Waals surface area contributed by atoms with Crippen LogP contribution in [0.2, 0.25) is 0 Å². The van der Waals surface area contributed by atoms with Gasteiger partial charge in [0, 0.05) is 25.5 Å². The Morgan fingerprint density at radius 1 is 1.24 bits per heavy atom. The van der Waals surface area contributed by atoms with Crippen molar-refractivity contribution in [3.8, 4) is 0 Å². The van der Waals surface area contributed by atoms with Crippen LogP contribution in [0.4, 0.5) is 5.82 Å². The average Bonchev–Trinajstić information content (AvgIpc) is 2.49. The molecule has 1 N–H and O–H groups in total. The number of rotatable bonds is 2. The summed E-state index contributed by atoms with van der Waals surface area (Å²) in [7, 11) is 1.75. The predicted molar refractivity (Wildman–Crippen MR) is 76.3 cm³/mol. The number of carboxylic acid groups (broad SMARTS) is 1. The van der Waals surface area contributed by atoms with E-state index in [-0.39, 0.29) is 18.3 Å². The van der Waals surface area contributed by atoms with E-state index in [1.807, 2.05) is 12.1 Å². The molecule has 1 aliphatic rings. The normalized spacial score (nSPS) is 15.6. The van der Waals surface area contributed by atoms with Crippen LogP contribution in [0.3, 0.4) is 0 Å². The summed E-state index contributed by atoms with van der Waals surface area (Å²) in [5.74, 6) is -0.946. The Morgan fingerprint density at radius 2 is 2.00 bits per heavy atom. The Balaban J connectivity index is 2.12. The average molecular weight is 286 g/mol. The molecule has 0 unspecified atom stereocenters. The third-order valence-corrected chi connectivity index (χ3v) is 3.53. The predicted octanol–water partition coefficient (Wildman–Crippen LogP) is 0.606. The maximum atomic E-state index is 11.9. The quantitative estimate of drug-likeness (QED) is 0.870. The first kappa shape index (κ1) is 13.3. The summed E-state index contributed by atoms with van der Waals surface area (Å²) in [6, 6.07) is 7.21. The highest BCUT2D eigenvalue weighted by molar-refractivity contribution is 5.95. The van der Waals surface area contributed by atoms with Crippen molar-refractivity contribution in [1.29, 1.82) is 0 Å². The number of benzene rings is 1. The van der Waals surface area contributed by atoms with Gasteiger partial charge in [-0.1, -0.05) is 12.1 Å². The van der Waals surface area contributed by atoms with E-state index in [0.29, 0.717) is 24.4 Å². The zero-order valence-electron chi connectivity index (χ0n) is 11.5. The number of carboxylic acids is 1. The van der Waals surface area contributed by atoms with Gasteiger partial charge >= 0.3 is 5.97 Å². The molecule has 0 atom stereocenters. The maximum Gasteiger partial charge on any atom is 0.374 e. The van der Waals surface area contributed by atoms with Crippen molar-refractivity contribution < 1.29 is 14.7 Å². The van der Waals surface area contributed by atoms with Gasteiger partial charge in [0.15, 0.2) is 0 Å². The summed E-state index contributed by atoms with van der Waals surface area (Å²) in [6.45, 7) is 1.39. The van der Waals surface area contributed by atoms with Crippen molar-refractivity contribution in [1.82, 2.24) is 14.9 Å². The molecule has 0 saturated carbocycles. The number of carbonyl (C=O) groups excluding carboxylic acids is 1. The molecular weight excluding hydrogens is 272 g/mol. The number of aromatic nitrogens is 2. The highest BCUT2D eigenvalue weighted by atomic mass is 16.4. The number of likely N-dealkylation sites (N-methyl/N-ethyl adjacent to an activating group) is 1. The number of para-hydroxylation sites is 1. The number of carbonyl (C=O) groups is 2. The summed E-state index contributed by atoms with van der Waals surface area (Å²) < 4.78 is 0. The molecule has 2 aromatic rings. The molecule has 0 bridgehead atoms. The molecule has 1 fully saturated rings. The molecule has 108 valence electrons. The molecule has 2 heterocycles. The lowest BCUT2D eigenvalue weighted by molar-refractivity contribution is -0.129. The molecule has 1 aromatic heterocycles. The second-order valence-electron chi connectivity index (χ2n) is 4.93. The van der Waals surface area contributed by atoms with Crippen LogP contribution in [0.15, 0.2) is 24.3 Å². The van der Waals surface area contributed by atoms with Crippen LogP contribution in [0, 0.1) is 0 Å². The molecule has 7 heteroatoms. The molecule has 1 saturated heterocycles. The molecule has 21 heavy (non-hydrogen) atoms. The lowest BCUT2D eigenvalue weighted by atomic mass is 10.2. The van der Waals surface area contributed by atoms with E-state index in [9.17, 15) is 9.59 Å². The number of piperazine rings is 1. The molecule has 1 aromatic carbocycles. The van der Waals surface area contributed by atoms with Crippen LogP contribution in [0.5, 0.6) is 0 Å². The zero-order valence-corrected chi connectivity index (χ0v) is 11.5. The minimum Gasteiger partial charge on any atom is -0.475 e. The number of fused-ring (bicyclic) bond motifs is 1. The number of aromatic carboxylic acids is 1. The zero-order chi connectivity index (χ0) is 15.0. The molecule has 1 aliphatic heterocycles. The lowest BCUT2D eigenvalue weighted by Crippen LogP contribution is -2.49. The second kappa shape index (κ2) is 5.01. The summed E-state index contributed by atoms with van der Waals surface area (Å²) in [5, 5.41) is 9.89. The van der Waals surface area contributed by atoms with Gasteiger partial charge in [0.05, 0.1) is 12.1 Å². The highest BCUT2D eigenvalue weighted by Gasteiger charge is 2.24. The molecule has 0 radical (unpaired) electrons. The van der Waals surface area contributed by atoms with E-state index in [0.717, 1.165) is 5.39 Å². The first-order valence-electron chi connectivity index (χ1n) is 6.55. The maximum absolute atomic E-state index is 11.9. The van der Waals surface area contributed by atoms with E-state index < -0.39 is 5.97 Å². The summed E-state index contributed by atoms with van der Waals surface area (Å²) in [5.41, 5.74) is 0.561. The Kier molecular flexibility index (Phi) is 3.17. The summed E-state index contributed by atoms with van der Waals surface area (Å²) >= 11 is 0. The second-order valence-corrected chi connectivity index (χ2v) is 4.93. The largest absolute Gasteiger partial charge is 0.475 e. The smallest absolute Gasteiger partial charge is 0.374 e. The minimum absolute atomic E-state index is 0.0131. The van der Waals surface area contributed by atoms with Crippen LogP contribution < -0.4 is 4.90 Å². The van der Waals surface area contributed by atoms with Crippen LogP contribution in [-0.4, -0.2) is 58.5 Å². The molecule has 3 rings (SSSR count). The lowest BCUT2D eigenvalue weighted by Gasteiger charge is -2.33. The molecule has 1 amide bonds. The van der Waals surface area contributed by atoms with Crippen LogP contribution >= 0.6 is 0 Å². The van der Waals surface area contributed by atoms with Gasteiger partial charge in [-0.25, -0.2) is 14.8 Å². The van der Waals surface area contributed by atoms with Crippen LogP contribution in [0.1, 0.15) is 10.6 Å².